The Hall–Kier alpha value is -1.46. The predicted octanol–water partition coefficient (Wildman–Crippen LogP) is 1.04. The zero-order valence-corrected chi connectivity index (χ0v) is 12.0. The van der Waals surface area contributed by atoms with Crippen LogP contribution in [0.15, 0.2) is 9.98 Å². The largest absolute Gasteiger partial charge is 0.370 e. The third-order valence-corrected chi connectivity index (χ3v) is 2.90. The molecule has 0 aromatic carbocycles. The molecule has 6 nitrogen and oxygen atoms in total. The summed E-state index contributed by atoms with van der Waals surface area (Å²) >= 11 is 0. The van der Waals surface area contributed by atoms with Crippen LogP contribution in [0.3, 0.4) is 0 Å². The van der Waals surface area contributed by atoms with Crippen molar-refractivity contribution in [1.82, 2.24) is 0 Å². The van der Waals surface area contributed by atoms with E-state index in [4.69, 9.17) is 22.9 Å². The predicted molar refractivity (Wildman–Crippen MR) is 82.9 cm³/mol. The van der Waals surface area contributed by atoms with Crippen molar-refractivity contribution in [2.24, 2.45) is 32.9 Å². The van der Waals surface area contributed by atoms with E-state index in [0.29, 0.717) is 0 Å². The van der Waals surface area contributed by atoms with Gasteiger partial charge in [-0.2, -0.15) is 0 Å². The van der Waals surface area contributed by atoms with Crippen molar-refractivity contribution in [2.75, 3.05) is 13.1 Å². The van der Waals surface area contributed by atoms with Crippen LogP contribution in [0.5, 0.6) is 0 Å². The maximum atomic E-state index is 5.25. The van der Waals surface area contributed by atoms with E-state index in [-0.39, 0.29) is 11.9 Å². The minimum atomic E-state index is 0.195. The summed E-state index contributed by atoms with van der Waals surface area (Å²) in [4.78, 5) is 7.91. The quantitative estimate of drug-likeness (QED) is 0.240. The van der Waals surface area contributed by atoms with Crippen molar-refractivity contribution in [2.45, 2.75) is 57.8 Å². The van der Waals surface area contributed by atoms with Gasteiger partial charge in [0, 0.05) is 13.1 Å². The highest BCUT2D eigenvalue weighted by molar-refractivity contribution is 5.75. The van der Waals surface area contributed by atoms with Gasteiger partial charge < -0.3 is 22.9 Å². The van der Waals surface area contributed by atoms with Crippen molar-refractivity contribution in [1.29, 1.82) is 0 Å². The molecule has 0 aliphatic carbocycles. The van der Waals surface area contributed by atoms with Gasteiger partial charge >= 0.3 is 0 Å². The lowest BCUT2D eigenvalue weighted by Crippen LogP contribution is -2.22. The summed E-state index contributed by atoms with van der Waals surface area (Å²) < 4.78 is 0. The normalized spacial score (nSPS) is 10.1. The summed E-state index contributed by atoms with van der Waals surface area (Å²) in [6.07, 6.45) is 11.0. The Morgan fingerprint density at radius 2 is 0.737 bits per heavy atom. The van der Waals surface area contributed by atoms with Crippen molar-refractivity contribution < 1.29 is 0 Å². The number of unbranched alkanes of at least 4 members (excludes halogenated alkanes) is 8. The van der Waals surface area contributed by atoms with Crippen LogP contribution in [0.2, 0.25) is 0 Å². The van der Waals surface area contributed by atoms with Crippen LogP contribution in [0.1, 0.15) is 57.8 Å². The molecule has 6 heteroatoms. The Kier molecular flexibility index (Phi) is 12.0. The summed E-state index contributed by atoms with van der Waals surface area (Å²) in [5, 5.41) is 0. The first-order valence-electron chi connectivity index (χ1n) is 7.23. The molecule has 0 fully saturated rings. The number of guanidine groups is 2. The summed E-state index contributed by atoms with van der Waals surface area (Å²) in [6, 6.07) is 0. The molecule has 0 aromatic heterocycles. The minimum Gasteiger partial charge on any atom is -0.370 e. The van der Waals surface area contributed by atoms with Gasteiger partial charge in [0.15, 0.2) is 11.9 Å². The van der Waals surface area contributed by atoms with Crippen LogP contribution in [-0.2, 0) is 0 Å². The molecule has 0 heterocycles. The lowest BCUT2D eigenvalue weighted by Gasteiger charge is -2.01. The van der Waals surface area contributed by atoms with Crippen LogP contribution in [-0.4, -0.2) is 25.0 Å². The Balaban J connectivity index is 3.07. The van der Waals surface area contributed by atoms with E-state index in [1.165, 1.54) is 44.9 Å². The number of rotatable bonds is 12. The third kappa shape index (κ3) is 16.5. The molecule has 8 N–H and O–H groups in total. The van der Waals surface area contributed by atoms with Crippen LogP contribution < -0.4 is 22.9 Å². The first-order chi connectivity index (χ1) is 9.13. The molecule has 0 aliphatic rings. The molecule has 112 valence electrons. The maximum absolute atomic E-state index is 5.25. The fourth-order valence-corrected chi connectivity index (χ4v) is 1.88. The monoisotopic (exact) mass is 270 g/mol. The number of nitrogens with zero attached hydrogens (tertiary/aromatic N) is 2. The van der Waals surface area contributed by atoms with Crippen molar-refractivity contribution >= 4 is 11.9 Å². The average Bonchev–Trinajstić information content (AvgIpc) is 2.34. The molecule has 19 heavy (non-hydrogen) atoms. The Morgan fingerprint density at radius 3 is 1.00 bits per heavy atom. The van der Waals surface area contributed by atoms with Gasteiger partial charge in [-0.1, -0.05) is 44.9 Å². The molecular formula is C13H30N6. The highest BCUT2D eigenvalue weighted by Crippen LogP contribution is 2.09. The first kappa shape index (κ1) is 17.5. The number of nitrogens with two attached hydrogens (primary N) is 4. The smallest absolute Gasteiger partial charge is 0.185 e. The van der Waals surface area contributed by atoms with Gasteiger partial charge in [0.05, 0.1) is 0 Å². The van der Waals surface area contributed by atoms with Gasteiger partial charge in [0.25, 0.3) is 0 Å². The highest BCUT2D eigenvalue weighted by Gasteiger charge is 1.93. The molecule has 0 atom stereocenters. The van der Waals surface area contributed by atoms with Gasteiger partial charge in [-0.15, -0.1) is 0 Å². The van der Waals surface area contributed by atoms with E-state index in [0.717, 1.165) is 25.9 Å². The standard InChI is InChI=1S/C13H30N6/c14-12(15)18-10-8-6-4-2-1-3-5-7-9-11-19-13(16)17/h1-11H2,(H4,14,15,18)(H4,16,17,19). The second-order valence-electron chi connectivity index (χ2n) is 4.80. The molecule has 0 bridgehead atoms. The number of hydrogen-bond donors (Lipinski definition) is 4. The second-order valence-corrected chi connectivity index (χ2v) is 4.80. The van der Waals surface area contributed by atoms with E-state index >= 15 is 0 Å². The Bertz CT molecular complexity index is 228. The molecule has 0 amide bonds. The molecule has 0 unspecified atom stereocenters. The van der Waals surface area contributed by atoms with Crippen molar-refractivity contribution in [3.05, 3.63) is 0 Å². The van der Waals surface area contributed by atoms with Crippen LogP contribution in [0, 0.1) is 0 Å². The maximum Gasteiger partial charge on any atom is 0.185 e. The van der Waals surface area contributed by atoms with Gasteiger partial charge in [0.1, 0.15) is 0 Å². The summed E-state index contributed by atoms with van der Waals surface area (Å²) in [5.41, 5.74) is 21.0. The van der Waals surface area contributed by atoms with Gasteiger partial charge in [-0.05, 0) is 12.8 Å². The van der Waals surface area contributed by atoms with E-state index in [1.807, 2.05) is 0 Å². The van der Waals surface area contributed by atoms with Crippen LogP contribution in [0.25, 0.3) is 0 Å². The molecular weight excluding hydrogens is 240 g/mol. The van der Waals surface area contributed by atoms with Crippen molar-refractivity contribution in [3.63, 3.8) is 0 Å². The summed E-state index contributed by atoms with van der Waals surface area (Å²) in [5.74, 6) is 0.390. The molecule has 0 saturated heterocycles. The molecule has 0 rings (SSSR count). The topological polar surface area (TPSA) is 129 Å². The Labute approximate surface area is 116 Å². The van der Waals surface area contributed by atoms with Crippen LogP contribution in [0.4, 0.5) is 0 Å². The third-order valence-electron chi connectivity index (χ3n) is 2.90. The molecule has 0 spiro atoms. The van der Waals surface area contributed by atoms with Crippen LogP contribution >= 0.6 is 0 Å². The SMILES string of the molecule is NC(N)=NCCCCCCCCCCCN=C(N)N. The lowest BCUT2D eigenvalue weighted by atomic mass is 10.1. The summed E-state index contributed by atoms with van der Waals surface area (Å²) in [7, 11) is 0. The molecule has 0 saturated carbocycles. The fourth-order valence-electron chi connectivity index (χ4n) is 1.88. The first-order valence-corrected chi connectivity index (χ1v) is 7.23. The molecule has 0 aromatic rings. The zero-order valence-electron chi connectivity index (χ0n) is 12.0. The van der Waals surface area contributed by atoms with Gasteiger partial charge in [-0.25, -0.2) is 0 Å². The highest BCUT2D eigenvalue weighted by atomic mass is 15.0. The van der Waals surface area contributed by atoms with E-state index in [1.54, 1.807) is 0 Å². The Morgan fingerprint density at radius 1 is 0.474 bits per heavy atom. The average molecular weight is 270 g/mol. The van der Waals surface area contributed by atoms with E-state index < -0.39 is 0 Å². The van der Waals surface area contributed by atoms with E-state index in [2.05, 4.69) is 9.98 Å². The lowest BCUT2D eigenvalue weighted by molar-refractivity contribution is 0.562. The fraction of sp³-hybridized carbons (Fsp3) is 0.846. The molecule has 0 aliphatic heterocycles. The number of aliphatic imine (C=N–C) groups is 2. The molecule has 0 radical (unpaired) electrons. The zero-order chi connectivity index (χ0) is 14.3. The minimum absolute atomic E-state index is 0.195. The second kappa shape index (κ2) is 13.0. The van der Waals surface area contributed by atoms with Gasteiger partial charge in [-0.3, -0.25) is 9.98 Å². The number of hydrogen-bond acceptors (Lipinski definition) is 2. The van der Waals surface area contributed by atoms with Gasteiger partial charge in [0.2, 0.25) is 0 Å². The summed E-state index contributed by atoms with van der Waals surface area (Å²) in [6.45, 7) is 1.51. The van der Waals surface area contributed by atoms with E-state index in [9.17, 15) is 0 Å². The van der Waals surface area contributed by atoms with Crippen molar-refractivity contribution in [3.8, 4) is 0 Å².